The summed E-state index contributed by atoms with van der Waals surface area (Å²) in [6, 6.07) is 133. The molecule has 133 heavy (non-hydrogen) atoms. The van der Waals surface area contributed by atoms with Gasteiger partial charge in [-0.2, -0.15) is 0 Å². The maximum absolute atomic E-state index is 13.1. The number of nitrogens with zero attached hydrogens (tertiary/aromatic N) is 6. The van der Waals surface area contributed by atoms with E-state index >= 15 is 0 Å². The number of aromatic nitrogens is 6. The van der Waals surface area contributed by atoms with Crippen LogP contribution in [0.1, 0.15) is 29.0 Å². The van der Waals surface area contributed by atoms with Gasteiger partial charge in [-0.1, -0.05) is 324 Å². The van der Waals surface area contributed by atoms with Crippen molar-refractivity contribution >= 4 is 96.9 Å². The first-order chi connectivity index (χ1) is 66.3. The van der Waals surface area contributed by atoms with Gasteiger partial charge in [-0.15, -0.1) is 189 Å². The van der Waals surface area contributed by atoms with Gasteiger partial charge in [0.1, 0.15) is 0 Å². The van der Waals surface area contributed by atoms with Gasteiger partial charge in [0.2, 0.25) is 0 Å². The third-order valence-electron chi connectivity index (χ3n) is 23.7. The predicted octanol–water partition coefficient (Wildman–Crippen LogP) is 22.5. The molecule has 0 spiro atoms. The zero-order chi connectivity index (χ0) is 98.5. The molecule has 0 unspecified atom stereocenters. The Morgan fingerprint density at radius 1 is 0.301 bits per heavy atom. The molecule has 12 aromatic carbocycles. The van der Waals surface area contributed by atoms with Gasteiger partial charge in [-0.05, 0) is 136 Å². The van der Waals surface area contributed by atoms with E-state index in [9.17, 15) is 8.42 Å². The maximum atomic E-state index is 13.1. The van der Waals surface area contributed by atoms with Crippen molar-refractivity contribution in [2.24, 2.45) is 0 Å². The average molecular weight is 2370 g/mol. The summed E-state index contributed by atoms with van der Waals surface area (Å²) in [4.78, 5) is 27.6. The molecular formula is C116H104Ir3N6O2SSi5-6. The van der Waals surface area contributed by atoms with E-state index in [2.05, 4.69) is 312 Å². The quantitative estimate of drug-likeness (QED) is 0.0878. The van der Waals surface area contributed by atoms with Crippen LogP contribution < -0.4 is 46.7 Å². The Hall–Kier alpha value is -11.5. The van der Waals surface area contributed by atoms with Crippen LogP contribution in [0, 0.1) is 57.0 Å². The SMILES string of the molecule is C[Si](C)(C)c1ccc(-c2[c-]cc3c(c2)[Si](c2ccccc2)(c2ccccc2)c2ccccc2-3)nc1.C[Si](C)(C)c1ccc(-c2[c-]ccc3c2[Si](C)(C)c2ccccc2-3)nc1.C[Si](C)(C)c1cnc(-c2[c-]cc3c(c2)S(=O)(=O)c2ccccc2-3)cc1-c1ccccc1.[2H]C([2H])([2H])c1ccc(-c2[c-]cccc2)nc1.[2H]C([2H])([2H])c1ccc(-c2[c-]cccc2)nc1.[2H]C([2H])([2H])c1ccc(-c2[c-]cccc2)nc1.[Ir].[Ir].[Ir]. The first-order valence-electron chi connectivity index (χ1n) is 47.9. The van der Waals surface area contributed by atoms with Gasteiger partial charge >= 0.3 is 0 Å². The number of benzene rings is 12. The summed E-state index contributed by atoms with van der Waals surface area (Å²) in [6.07, 6.45) is 10.3. The standard InChI is InChI=1S/C32H28NSi2.C26H22NO2SSi.C22H24NSi2.3C12H10N.3Ir/c1-34(2,3)27-19-21-30(33-23-27)24-18-20-29-28-16-10-11-17-31(28)35(32(29)22-24,25-12-6-4-7-13-25)26-14-8-5-9-15-26;1-31(2,3)26-17-27-23(16-22(26)18-9-5-4-6-10-18)19-13-14-21-20-11-7-8-12-24(20)30(28,29)25(21)15-19;1-24(2,3)16-13-14-20(23-15-16)19-11-8-10-18-17-9-6-7-12-21(17)25(4,5)22(18)19;3*1-10-7-8-12(13-9-10)11-5-3-2-4-6-11;;;/h4-17,19-23H,1-3H3;4-12,14-17H,1-3H3;6-10,12-15H,1-5H3;3*2-5,7-9H,1H3;;;/q6*-1;;;/i;;;3*1D3;;;. The van der Waals surface area contributed by atoms with Crippen molar-refractivity contribution in [2.75, 3.05) is 0 Å². The van der Waals surface area contributed by atoms with Gasteiger partial charge in [0, 0.05) is 110 Å². The molecule has 0 saturated heterocycles. The molecule has 0 atom stereocenters. The van der Waals surface area contributed by atoms with Crippen molar-refractivity contribution in [3.8, 4) is 112 Å². The first-order valence-corrected chi connectivity index (χ1v) is 60.4. The third kappa shape index (κ3) is 21.8. The molecule has 0 aliphatic carbocycles. The number of fused-ring (bicyclic) bond motifs is 9. The Balaban J connectivity index is 0.000000147. The number of rotatable bonds is 12. The summed E-state index contributed by atoms with van der Waals surface area (Å²) in [5.74, 6) is 0. The van der Waals surface area contributed by atoms with Gasteiger partial charge in [0.15, 0.2) is 17.9 Å². The molecule has 18 aromatic rings. The summed E-state index contributed by atoms with van der Waals surface area (Å²) in [5.41, 5.74) is 20.5. The van der Waals surface area contributed by atoms with E-state index in [1.165, 1.54) is 93.1 Å². The molecule has 8 nitrogen and oxygen atoms in total. The van der Waals surface area contributed by atoms with Crippen molar-refractivity contribution in [1.29, 1.82) is 0 Å². The van der Waals surface area contributed by atoms with Crippen molar-refractivity contribution in [3.05, 3.63) is 430 Å². The van der Waals surface area contributed by atoms with E-state index in [0.717, 1.165) is 73.1 Å². The van der Waals surface area contributed by atoms with Gasteiger partial charge in [-0.25, -0.2) is 8.42 Å². The first kappa shape index (κ1) is 86.9. The second-order valence-electron chi connectivity index (χ2n) is 35.9. The minimum Gasteiger partial charge on any atom is -0.305 e. The van der Waals surface area contributed by atoms with Gasteiger partial charge in [0.25, 0.3) is 0 Å². The molecule has 9 heterocycles. The van der Waals surface area contributed by atoms with Crippen LogP contribution >= 0.6 is 0 Å². The van der Waals surface area contributed by atoms with Crippen LogP contribution in [0.3, 0.4) is 0 Å². The third-order valence-corrected chi connectivity index (χ3v) is 40.0. The monoisotopic (exact) mass is 2370 g/mol. The van der Waals surface area contributed by atoms with Gasteiger partial charge in [-0.3, -0.25) is 0 Å². The molecule has 3 aliphatic heterocycles. The molecule has 0 N–H and O–H groups in total. The summed E-state index contributed by atoms with van der Waals surface area (Å²) >= 11 is 0. The summed E-state index contributed by atoms with van der Waals surface area (Å²) in [7, 11) is -12.1. The molecule has 0 amide bonds. The van der Waals surface area contributed by atoms with Crippen molar-refractivity contribution in [1.82, 2.24) is 29.9 Å². The second-order valence-corrected chi connectivity index (χ2v) is 61.0. The summed E-state index contributed by atoms with van der Waals surface area (Å²) in [6.45, 7) is 19.7. The smallest absolute Gasteiger partial charge is 0.189 e. The van der Waals surface area contributed by atoms with Gasteiger partial charge in [0.05, 0.1) is 37.2 Å². The fourth-order valence-electron chi connectivity index (χ4n) is 17.0. The Labute approximate surface area is 844 Å². The average Bonchev–Trinajstić information content (AvgIpc) is 1.54. The molecule has 0 saturated carbocycles. The molecule has 0 bridgehead atoms. The Morgan fingerprint density at radius 2 is 0.714 bits per heavy atom. The number of hydrogen-bond donors (Lipinski definition) is 0. The summed E-state index contributed by atoms with van der Waals surface area (Å²) in [5, 5.41) is 12.8. The van der Waals surface area contributed by atoms with Crippen LogP contribution in [-0.2, 0) is 70.2 Å². The largest absolute Gasteiger partial charge is 0.305 e. The number of sulfone groups is 1. The van der Waals surface area contributed by atoms with E-state index < -0.39 is 70.8 Å². The van der Waals surface area contributed by atoms with Crippen molar-refractivity contribution in [2.45, 2.75) is 102 Å². The van der Waals surface area contributed by atoms with Crippen molar-refractivity contribution < 1.29 is 81.1 Å². The Morgan fingerprint density at radius 3 is 1.17 bits per heavy atom. The minimum absolute atomic E-state index is 0. The molecule has 6 aromatic heterocycles. The molecule has 21 rings (SSSR count). The van der Waals surface area contributed by atoms with Crippen LogP contribution in [0.4, 0.5) is 0 Å². The maximum Gasteiger partial charge on any atom is 0.189 e. The normalized spacial score (nSPS) is 13.9. The predicted molar refractivity (Wildman–Crippen MR) is 555 cm³/mol. The zero-order valence-corrected chi connectivity index (χ0v) is 88.7. The topological polar surface area (TPSA) is 111 Å². The van der Waals surface area contributed by atoms with E-state index in [1.54, 1.807) is 78.9 Å². The van der Waals surface area contributed by atoms with Crippen LogP contribution in [-0.4, -0.2) is 78.7 Å². The molecular weight excluding hydrogens is 2260 g/mol. The molecule has 3 aliphatic rings. The van der Waals surface area contributed by atoms with E-state index in [0.29, 0.717) is 20.9 Å². The van der Waals surface area contributed by atoms with E-state index in [1.807, 2.05) is 91.1 Å². The van der Waals surface area contributed by atoms with E-state index in [4.69, 9.17) is 27.3 Å². The minimum atomic E-state index is -3.53. The summed E-state index contributed by atoms with van der Waals surface area (Å²) < 4.78 is 91.3. The zero-order valence-electron chi connectivity index (χ0n) is 84.7. The molecule has 17 heteroatoms. The number of aryl methyl sites for hydroxylation is 3. The fourth-order valence-corrected chi connectivity index (χ4v) is 30.8. The van der Waals surface area contributed by atoms with Crippen LogP contribution in [0.15, 0.2) is 387 Å². The molecule has 669 valence electrons. The van der Waals surface area contributed by atoms with Crippen LogP contribution in [0.25, 0.3) is 112 Å². The number of hydrogen-bond acceptors (Lipinski definition) is 8. The van der Waals surface area contributed by atoms with Crippen LogP contribution in [0.2, 0.25) is 72.0 Å². The Bertz CT molecular complexity index is 7250. The second kappa shape index (κ2) is 42.8. The van der Waals surface area contributed by atoms with E-state index in [-0.39, 0.29) is 77.0 Å². The van der Waals surface area contributed by atoms with Crippen LogP contribution in [0.5, 0.6) is 0 Å². The van der Waals surface area contributed by atoms with Gasteiger partial charge < -0.3 is 29.9 Å². The number of pyridine rings is 6. The van der Waals surface area contributed by atoms with Crippen molar-refractivity contribution in [3.63, 3.8) is 0 Å². The Kier molecular flexibility index (Phi) is 28.0. The fraction of sp³-hybridized carbons (Fsp3) is 0.121. The molecule has 3 radical (unpaired) electrons. The molecule has 0 fully saturated rings.